The molecule has 0 fully saturated rings. The SMILES string of the molecule is COc1ccc(C)cc1NC1=C(c2cccs2)C(=O)N(C)C1=O. The van der Waals surface area contributed by atoms with Crippen LogP contribution in [-0.4, -0.2) is 30.9 Å². The molecule has 0 unspecified atom stereocenters. The second kappa shape index (κ2) is 5.89. The van der Waals surface area contributed by atoms with Crippen LogP contribution in [0, 0.1) is 6.92 Å². The third-order valence-corrected chi connectivity index (χ3v) is 4.56. The minimum atomic E-state index is -0.345. The van der Waals surface area contributed by atoms with Gasteiger partial charge in [0.05, 0.1) is 18.4 Å². The first-order valence-corrected chi connectivity index (χ1v) is 7.93. The van der Waals surface area contributed by atoms with Crippen molar-refractivity contribution in [2.45, 2.75) is 6.92 Å². The number of carbonyl (C=O) groups excluding carboxylic acids is 2. The molecule has 0 aliphatic carbocycles. The van der Waals surface area contributed by atoms with Crippen LogP contribution in [0.1, 0.15) is 10.4 Å². The third-order valence-electron chi connectivity index (χ3n) is 3.67. The lowest BCUT2D eigenvalue weighted by molar-refractivity contribution is -0.135. The van der Waals surface area contributed by atoms with Gasteiger partial charge in [-0.05, 0) is 36.1 Å². The summed E-state index contributed by atoms with van der Waals surface area (Å²) in [6.07, 6.45) is 0. The molecule has 1 aromatic heterocycles. The molecule has 1 aliphatic heterocycles. The smallest absolute Gasteiger partial charge is 0.277 e. The van der Waals surface area contributed by atoms with E-state index in [0.717, 1.165) is 15.3 Å². The van der Waals surface area contributed by atoms with Crippen LogP contribution in [0.25, 0.3) is 5.57 Å². The van der Waals surface area contributed by atoms with Crippen molar-refractivity contribution in [3.8, 4) is 5.75 Å². The van der Waals surface area contributed by atoms with Gasteiger partial charge >= 0.3 is 0 Å². The largest absolute Gasteiger partial charge is 0.495 e. The summed E-state index contributed by atoms with van der Waals surface area (Å²) < 4.78 is 5.33. The number of benzene rings is 1. The molecular weight excluding hydrogens is 312 g/mol. The first-order valence-electron chi connectivity index (χ1n) is 7.05. The van der Waals surface area contributed by atoms with Crippen LogP contribution in [0.3, 0.4) is 0 Å². The maximum Gasteiger partial charge on any atom is 0.277 e. The summed E-state index contributed by atoms with van der Waals surface area (Å²) in [7, 11) is 3.05. The van der Waals surface area contributed by atoms with Crippen molar-refractivity contribution in [2.24, 2.45) is 0 Å². The number of nitrogens with zero attached hydrogens (tertiary/aromatic N) is 1. The molecule has 2 amide bonds. The van der Waals surface area contributed by atoms with Crippen molar-refractivity contribution in [2.75, 3.05) is 19.5 Å². The molecule has 2 aromatic rings. The van der Waals surface area contributed by atoms with Crippen molar-refractivity contribution in [3.63, 3.8) is 0 Å². The monoisotopic (exact) mass is 328 g/mol. The van der Waals surface area contributed by atoms with Gasteiger partial charge in [0.1, 0.15) is 11.4 Å². The lowest BCUT2D eigenvalue weighted by Crippen LogP contribution is -2.27. The van der Waals surface area contributed by atoms with Crippen molar-refractivity contribution in [1.82, 2.24) is 4.90 Å². The van der Waals surface area contributed by atoms with Crippen LogP contribution >= 0.6 is 11.3 Å². The van der Waals surface area contributed by atoms with Gasteiger partial charge in [-0.3, -0.25) is 14.5 Å². The normalized spacial score (nSPS) is 14.7. The zero-order valence-corrected chi connectivity index (χ0v) is 13.9. The molecule has 2 heterocycles. The number of rotatable bonds is 4. The number of anilines is 1. The molecule has 3 rings (SSSR count). The second-order valence-electron chi connectivity index (χ2n) is 5.23. The highest BCUT2D eigenvalue weighted by molar-refractivity contribution is 7.11. The molecule has 5 nitrogen and oxygen atoms in total. The van der Waals surface area contributed by atoms with Crippen molar-refractivity contribution in [3.05, 3.63) is 51.8 Å². The van der Waals surface area contributed by atoms with Gasteiger partial charge in [0.15, 0.2) is 0 Å². The molecule has 0 bridgehead atoms. The molecule has 1 N–H and O–H groups in total. The first kappa shape index (κ1) is 15.3. The number of aryl methyl sites for hydroxylation is 1. The molecule has 23 heavy (non-hydrogen) atoms. The first-order chi connectivity index (χ1) is 11.0. The fourth-order valence-corrected chi connectivity index (χ4v) is 3.23. The third kappa shape index (κ3) is 2.61. The molecule has 1 aliphatic rings. The summed E-state index contributed by atoms with van der Waals surface area (Å²) in [4.78, 5) is 26.8. The molecule has 0 radical (unpaired) electrons. The molecule has 6 heteroatoms. The standard InChI is InChI=1S/C17H16N2O3S/c1-10-6-7-12(22-3)11(9-10)18-15-14(13-5-4-8-23-13)16(20)19(2)17(15)21/h4-9,18H,1-3H3. The topological polar surface area (TPSA) is 58.6 Å². The van der Waals surface area contributed by atoms with Crippen LogP contribution in [0.4, 0.5) is 5.69 Å². The van der Waals surface area contributed by atoms with E-state index < -0.39 is 0 Å². The Balaban J connectivity index is 2.10. The van der Waals surface area contributed by atoms with E-state index in [4.69, 9.17) is 4.74 Å². The van der Waals surface area contributed by atoms with Gasteiger partial charge in [-0.1, -0.05) is 12.1 Å². The van der Waals surface area contributed by atoms with Crippen LogP contribution < -0.4 is 10.1 Å². The van der Waals surface area contributed by atoms with Crippen LogP contribution in [0.5, 0.6) is 5.75 Å². The number of amides is 2. The summed E-state index contributed by atoms with van der Waals surface area (Å²) in [5.41, 5.74) is 2.37. The van der Waals surface area contributed by atoms with Crippen LogP contribution in [0.15, 0.2) is 41.4 Å². The maximum atomic E-state index is 12.5. The number of thiophene rings is 1. The lowest BCUT2D eigenvalue weighted by Gasteiger charge is -2.13. The minimum Gasteiger partial charge on any atom is -0.495 e. The average Bonchev–Trinajstić information content (AvgIpc) is 3.12. The molecule has 0 saturated carbocycles. The Bertz CT molecular complexity index is 809. The second-order valence-corrected chi connectivity index (χ2v) is 6.17. The van der Waals surface area contributed by atoms with E-state index in [-0.39, 0.29) is 17.5 Å². The number of carbonyl (C=O) groups is 2. The van der Waals surface area contributed by atoms with E-state index in [1.165, 1.54) is 18.4 Å². The Hall–Kier alpha value is -2.60. The molecular formula is C17H16N2O3S. The van der Waals surface area contributed by atoms with Gasteiger partial charge in [-0.15, -0.1) is 11.3 Å². The van der Waals surface area contributed by atoms with Gasteiger partial charge in [-0.2, -0.15) is 0 Å². The van der Waals surface area contributed by atoms with E-state index in [1.807, 2.05) is 42.6 Å². The maximum absolute atomic E-state index is 12.5. The molecule has 0 saturated heterocycles. The van der Waals surface area contributed by atoms with Gasteiger partial charge in [0.2, 0.25) is 0 Å². The summed E-state index contributed by atoms with van der Waals surface area (Å²) in [6, 6.07) is 9.32. The quantitative estimate of drug-likeness (QED) is 0.877. The molecule has 0 spiro atoms. The fraction of sp³-hybridized carbons (Fsp3) is 0.176. The summed E-state index contributed by atoms with van der Waals surface area (Å²) in [5, 5.41) is 4.98. The molecule has 1 aromatic carbocycles. The number of hydrogen-bond donors (Lipinski definition) is 1. The van der Waals surface area contributed by atoms with Crippen molar-refractivity contribution >= 4 is 34.4 Å². The lowest BCUT2D eigenvalue weighted by atomic mass is 10.1. The van der Waals surface area contributed by atoms with Crippen molar-refractivity contribution in [1.29, 1.82) is 0 Å². The Labute approximate surface area is 138 Å². The number of hydrogen-bond acceptors (Lipinski definition) is 5. The predicted molar refractivity (Wildman–Crippen MR) is 90.4 cm³/mol. The Morgan fingerprint density at radius 1 is 1.17 bits per heavy atom. The highest BCUT2D eigenvalue weighted by Gasteiger charge is 2.37. The van der Waals surface area contributed by atoms with Gasteiger partial charge in [-0.25, -0.2) is 0 Å². The Morgan fingerprint density at radius 2 is 1.96 bits per heavy atom. The van der Waals surface area contributed by atoms with Crippen LogP contribution in [0.2, 0.25) is 0 Å². The molecule has 118 valence electrons. The highest BCUT2D eigenvalue weighted by atomic mass is 32.1. The average molecular weight is 328 g/mol. The summed E-state index contributed by atoms with van der Waals surface area (Å²) >= 11 is 1.43. The minimum absolute atomic E-state index is 0.281. The van der Waals surface area contributed by atoms with Gasteiger partial charge in [0, 0.05) is 11.9 Å². The van der Waals surface area contributed by atoms with E-state index >= 15 is 0 Å². The van der Waals surface area contributed by atoms with Gasteiger partial charge < -0.3 is 10.1 Å². The number of imide groups is 1. The summed E-state index contributed by atoms with van der Waals surface area (Å²) in [5.74, 6) is -0.0306. The van der Waals surface area contributed by atoms with Crippen LogP contribution in [-0.2, 0) is 9.59 Å². The molecule has 0 atom stereocenters. The van der Waals surface area contributed by atoms with E-state index in [2.05, 4.69) is 5.32 Å². The predicted octanol–water partition coefficient (Wildman–Crippen LogP) is 2.89. The highest BCUT2D eigenvalue weighted by Crippen LogP contribution is 2.34. The number of nitrogens with one attached hydrogen (secondary N) is 1. The fourth-order valence-electron chi connectivity index (χ4n) is 2.46. The van der Waals surface area contributed by atoms with E-state index in [1.54, 1.807) is 7.11 Å². The zero-order valence-electron chi connectivity index (χ0n) is 13.0. The summed E-state index contributed by atoms with van der Waals surface area (Å²) in [6.45, 7) is 1.95. The number of methoxy groups -OCH3 is 1. The Morgan fingerprint density at radius 3 is 2.61 bits per heavy atom. The van der Waals surface area contributed by atoms with Gasteiger partial charge in [0.25, 0.3) is 11.8 Å². The van der Waals surface area contributed by atoms with Crippen molar-refractivity contribution < 1.29 is 14.3 Å². The zero-order chi connectivity index (χ0) is 16.6. The number of ether oxygens (including phenoxy) is 1. The number of likely N-dealkylation sites (N-methyl/N-ethyl adjacent to an activating group) is 1. The van der Waals surface area contributed by atoms with E-state index in [0.29, 0.717) is 17.0 Å². The Kier molecular flexibility index (Phi) is 3.92. The van der Waals surface area contributed by atoms with E-state index in [9.17, 15) is 9.59 Å².